The molecule has 1 saturated carbocycles. The molecule has 0 radical (unpaired) electrons. The first-order chi connectivity index (χ1) is 20.6. The number of benzene rings is 3. The summed E-state index contributed by atoms with van der Waals surface area (Å²) in [5, 5.41) is 13.8. The van der Waals surface area contributed by atoms with Crippen molar-refractivity contribution in [2.24, 2.45) is 0 Å². The van der Waals surface area contributed by atoms with Gasteiger partial charge in [0.15, 0.2) is 0 Å². The van der Waals surface area contributed by atoms with Crippen LogP contribution >= 0.6 is 0 Å². The van der Waals surface area contributed by atoms with Crippen LogP contribution in [-0.2, 0) is 0 Å². The molecular weight excluding hydrogens is 518 g/mol. The number of nitrogens with zero attached hydrogens (tertiary/aromatic N) is 1. The highest BCUT2D eigenvalue weighted by Gasteiger charge is 2.40. The van der Waals surface area contributed by atoms with Crippen LogP contribution < -0.4 is 16.4 Å². The lowest BCUT2D eigenvalue weighted by molar-refractivity contribution is 0.399. The second-order valence-electron chi connectivity index (χ2n) is 12.2. The van der Waals surface area contributed by atoms with Gasteiger partial charge >= 0.3 is 0 Å². The monoisotopic (exact) mass is 563 g/mol. The highest BCUT2D eigenvalue weighted by molar-refractivity contribution is 5.81. The molecule has 0 spiro atoms. The smallest absolute Gasteiger partial charge is 0.123 e. The zero-order valence-corrected chi connectivity index (χ0v) is 25.0. The van der Waals surface area contributed by atoms with Crippen molar-refractivity contribution in [2.45, 2.75) is 75.8 Å². The third-order valence-corrected chi connectivity index (χ3v) is 9.56. The van der Waals surface area contributed by atoms with Gasteiger partial charge in [-0.3, -0.25) is 0 Å². The van der Waals surface area contributed by atoms with Crippen molar-refractivity contribution in [2.75, 3.05) is 25.9 Å². The standard InChI is InChI=1S/C30H30N4.C5H11N.CH4O/c31-23-11-9-19(10-12-23)25-14-13-24(28-21-7-8-22(16-21)29(25)28)18-3-5-20(6-4-18)27-17-33-30(34-27)26-2-1-15-32-26;1-5-3-2-4-6-5;1-2/h3-6,9-14,17,21-22,26,32H,1-2,7-8,15-16,31H2,(H,33,34);5-6H,2-4H2,1H3;2H,1H3/t21?,22?,26-;5-;/m01./s1. The number of aromatic amines is 1. The van der Waals surface area contributed by atoms with Crippen LogP contribution in [0.4, 0.5) is 5.69 Å². The zero-order valence-electron chi connectivity index (χ0n) is 25.0. The number of aliphatic hydroxyl groups is 1. The first-order valence-electron chi connectivity index (χ1n) is 15.7. The minimum absolute atomic E-state index is 0.366. The molecule has 42 heavy (non-hydrogen) atoms. The van der Waals surface area contributed by atoms with Crippen molar-refractivity contribution < 1.29 is 5.11 Å². The SMILES string of the molecule is CO.C[C@@H]1CCCN1.Nc1ccc(-c2ccc(-c3ccc(-c4cnc([C@@H]5CCCN5)[nH]4)cc3)c3c2C2CCC3C2)cc1. The molecule has 6 nitrogen and oxygen atoms in total. The second-order valence-corrected chi connectivity index (χ2v) is 12.2. The summed E-state index contributed by atoms with van der Waals surface area (Å²) in [4.78, 5) is 8.19. The molecule has 6 heteroatoms. The van der Waals surface area contributed by atoms with E-state index in [1.54, 1.807) is 11.1 Å². The van der Waals surface area contributed by atoms with Gasteiger partial charge in [0.2, 0.25) is 0 Å². The molecule has 3 fully saturated rings. The van der Waals surface area contributed by atoms with Crippen LogP contribution in [0.3, 0.4) is 0 Å². The number of hydrogen-bond donors (Lipinski definition) is 5. The molecule has 220 valence electrons. The molecule has 0 amide bonds. The second kappa shape index (κ2) is 12.8. The molecule has 2 aliphatic carbocycles. The third kappa shape index (κ3) is 5.76. The fraction of sp³-hybridized carbons (Fsp3) is 0.417. The lowest BCUT2D eigenvalue weighted by atomic mass is 9.81. The largest absolute Gasteiger partial charge is 0.400 e. The Morgan fingerprint density at radius 1 is 0.714 bits per heavy atom. The minimum atomic E-state index is 0.366. The van der Waals surface area contributed by atoms with Crippen molar-refractivity contribution in [3.05, 3.63) is 83.8 Å². The summed E-state index contributed by atoms with van der Waals surface area (Å²) < 4.78 is 0. The van der Waals surface area contributed by atoms with Crippen LogP contribution in [-0.4, -0.2) is 41.3 Å². The number of nitrogens with one attached hydrogen (secondary N) is 3. The van der Waals surface area contributed by atoms with Gasteiger partial charge in [-0.15, -0.1) is 0 Å². The summed E-state index contributed by atoms with van der Waals surface area (Å²) in [5.74, 6) is 2.44. The first kappa shape index (κ1) is 28.7. The van der Waals surface area contributed by atoms with Gasteiger partial charge in [-0.2, -0.15) is 0 Å². The van der Waals surface area contributed by atoms with E-state index >= 15 is 0 Å². The van der Waals surface area contributed by atoms with E-state index in [1.165, 1.54) is 72.9 Å². The van der Waals surface area contributed by atoms with Crippen LogP contribution in [0.15, 0.2) is 66.9 Å². The number of rotatable bonds is 4. The Morgan fingerprint density at radius 3 is 1.81 bits per heavy atom. The minimum Gasteiger partial charge on any atom is -0.400 e. The van der Waals surface area contributed by atoms with Gasteiger partial charge in [0.1, 0.15) is 5.82 Å². The summed E-state index contributed by atoms with van der Waals surface area (Å²) in [6.45, 7) is 4.55. The lowest BCUT2D eigenvalue weighted by Gasteiger charge is -2.23. The highest BCUT2D eigenvalue weighted by atomic mass is 16.2. The summed E-state index contributed by atoms with van der Waals surface area (Å²) in [7, 11) is 1.00. The Labute approximate surface area is 250 Å². The summed E-state index contributed by atoms with van der Waals surface area (Å²) in [6, 6.07) is 23.3. The number of nitrogens with two attached hydrogens (primary N) is 1. The third-order valence-electron chi connectivity index (χ3n) is 9.56. The van der Waals surface area contributed by atoms with Crippen molar-refractivity contribution in [3.63, 3.8) is 0 Å². The molecule has 6 N–H and O–H groups in total. The molecule has 4 atom stereocenters. The summed E-state index contributed by atoms with van der Waals surface area (Å²) in [6.07, 6.45) is 11.0. The molecule has 3 heterocycles. The predicted molar refractivity (Wildman–Crippen MR) is 173 cm³/mol. The van der Waals surface area contributed by atoms with Crippen molar-refractivity contribution in [1.82, 2.24) is 20.6 Å². The Bertz CT molecular complexity index is 1460. The van der Waals surface area contributed by atoms with Crippen LogP contribution in [0.5, 0.6) is 0 Å². The van der Waals surface area contributed by atoms with Gasteiger partial charge in [0.25, 0.3) is 0 Å². The van der Waals surface area contributed by atoms with Gasteiger partial charge in [-0.05, 0) is 128 Å². The molecule has 2 saturated heterocycles. The Morgan fingerprint density at radius 2 is 1.29 bits per heavy atom. The van der Waals surface area contributed by atoms with Gasteiger partial charge in [0.05, 0.1) is 17.9 Å². The van der Waals surface area contributed by atoms with Crippen molar-refractivity contribution in [3.8, 4) is 33.5 Å². The van der Waals surface area contributed by atoms with Crippen LogP contribution in [0, 0.1) is 0 Å². The first-order valence-corrected chi connectivity index (χ1v) is 15.7. The average Bonchev–Trinajstić information content (AvgIpc) is 3.88. The predicted octanol–water partition coefficient (Wildman–Crippen LogP) is 7.15. The fourth-order valence-electron chi connectivity index (χ4n) is 7.45. The quantitative estimate of drug-likeness (QED) is 0.170. The maximum atomic E-state index is 7.00. The Kier molecular flexibility index (Phi) is 8.75. The number of nitrogen functional groups attached to an aromatic ring is 1. The molecular formula is C36H45N5O. The van der Waals surface area contributed by atoms with E-state index in [4.69, 9.17) is 10.8 Å². The molecule has 2 bridgehead atoms. The molecule has 2 aliphatic heterocycles. The molecule has 4 aromatic rings. The van der Waals surface area contributed by atoms with Crippen LogP contribution in [0.1, 0.15) is 86.7 Å². The average molecular weight is 564 g/mol. The number of imidazole rings is 1. The molecule has 1 aromatic heterocycles. The van der Waals surface area contributed by atoms with E-state index in [1.807, 2.05) is 18.3 Å². The van der Waals surface area contributed by atoms with Crippen LogP contribution in [0.2, 0.25) is 0 Å². The van der Waals surface area contributed by atoms with E-state index in [0.29, 0.717) is 17.9 Å². The number of hydrogen-bond acceptors (Lipinski definition) is 5. The maximum absolute atomic E-state index is 7.00. The molecule has 2 unspecified atom stereocenters. The topological polar surface area (TPSA) is 99.0 Å². The van der Waals surface area contributed by atoms with E-state index in [-0.39, 0.29) is 0 Å². The van der Waals surface area contributed by atoms with E-state index in [9.17, 15) is 0 Å². The lowest BCUT2D eigenvalue weighted by Crippen LogP contribution is -2.16. The highest BCUT2D eigenvalue weighted by Crippen LogP contribution is 2.58. The number of fused-ring (bicyclic) bond motifs is 5. The normalized spacial score (nSPS) is 23.6. The van der Waals surface area contributed by atoms with Crippen molar-refractivity contribution >= 4 is 5.69 Å². The number of aliphatic hydroxyl groups excluding tert-OH is 1. The number of H-pyrrole nitrogens is 1. The van der Waals surface area contributed by atoms with Gasteiger partial charge in [-0.1, -0.05) is 48.5 Å². The van der Waals surface area contributed by atoms with Crippen molar-refractivity contribution in [1.29, 1.82) is 0 Å². The van der Waals surface area contributed by atoms with E-state index in [0.717, 1.165) is 43.3 Å². The molecule has 3 aromatic carbocycles. The summed E-state index contributed by atoms with van der Waals surface area (Å²) >= 11 is 0. The van der Waals surface area contributed by atoms with Gasteiger partial charge in [0, 0.05) is 18.8 Å². The fourth-order valence-corrected chi connectivity index (χ4v) is 7.45. The Balaban J connectivity index is 0.000000349. The summed E-state index contributed by atoms with van der Waals surface area (Å²) in [5.41, 5.74) is 17.6. The number of anilines is 1. The maximum Gasteiger partial charge on any atom is 0.123 e. The Hall–Kier alpha value is -3.45. The van der Waals surface area contributed by atoms with E-state index in [2.05, 4.69) is 76.1 Å². The number of aromatic nitrogens is 2. The van der Waals surface area contributed by atoms with Gasteiger partial charge < -0.3 is 26.5 Å². The molecule has 8 rings (SSSR count). The van der Waals surface area contributed by atoms with Crippen LogP contribution in [0.25, 0.3) is 33.5 Å². The molecule has 4 aliphatic rings. The van der Waals surface area contributed by atoms with Gasteiger partial charge in [-0.25, -0.2) is 4.98 Å². The zero-order chi connectivity index (χ0) is 29.1. The van der Waals surface area contributed by atoms with E-state index < -0.39 is 0 Å².